The number of hydrogen-bond acceptors (Lipinski definition) is 6. The van der Waals surface area contributed by atoms with E-state index in [4.69, 9.17) is 9.51 Å². The highest BCUT2D eigenvalue weighted by atomic mass is 16.5. The SMILES string of the molecule is Cc1noc(C)c1-c1cnc2nc(NCc3cccc(C#N)c3)n(Cc3ccccc3)c2c1. The molecule has 0 unspecified atom stereocenters. The molecule has 162 valence electrons. The van der Waals surface area contributed by atoms with Crippen LogP contribution < -0.4 is 5.32 Å². The van der Waals surface area contributed by atoms with Gasteiger partial charge in [0.05, 0.1) is 29.4 Å². The lowest BCUT2D eigenvalue weighted by atomic mass is 10.1. The summed E-state index contributed by atoms with van der Waals surface area (Å²) in [7, 11) is 0. The second-order valence-electron chi connectivity index (χ2n) is 7.94. The highest BCUT2D eigenvalue weighted by molar-refractivity contribution is 5.81. The Hall–Kier alpha value is -4.44. The molecule has 2 aromatic carbocycles. The van der Waals surface area contributed by atoms with Gasteiger partial charge in [0.2, 0.25) is 5.95 Å². The van der Waals surface area contributed by atoms with Crippen molar-refractivity contribution in [3.63, 3.8) is 0 Å². The number of aromatic nitrogens is 4. The standard InChI is InChI=1S/C26H22N6O/c1-17-24(18(2)33-31-17)22-12-23-25(28-15-22)30-26(32(23)16-19-7-4-3-5-8-19)29-14-21-10-6-9-20(11-21)13-27/h3-12,15H,14,16H2,1-2H3,(H,28,29,30). The lowest BCUT2D eigenvalue weighted by Crippen LogP contribution is -2.08. The molecule has 0 radical (unpaired) electrons. The Bertz CT molecular complexity index is 1460. The molecule has 0 aliphatic heterocycles. The Kier molecular flexibility index (Phi) is 5.33. The molecule has 3 aromatic heterocycles. The Balaban J connectivity index is 1.57. The van der Waals surface area contributed by atoms with Crippen LogP contribution in [0.15, 0.2) is 71.4 Å². The van der Waals surface area contributed by atoms with E-state index in [0.717, 1.165) is 45.2 Å². The smallest absolute Gasteiger partial charge is 0.206 e. The number of nitrogens with zero attached hydrogens (tertiary/aromatic N) is 5. The molecule has 33 heavy (non-hydrogen) atoms. The first-order valence-electron chi connectivity index (χ1n) is 10.7. The molecule has 0 fully saturated rings. The maximum absolute atomic E-state index is 9.19. The Morgan fingerprint density at radius 3 is 2.61 bits per heavy atom. The zero-order valence-electron chi connectivity index (χ0n) is 18.4. The molecule has 3 heterocycles. The van der Waals surface area contributed by atoms with E-state index in [1.54, 1.807) is 6.07 Å². The van der Waals surface area contributed by atoms with E-state index >= 15 is 0 Å². The molecule has 0 saturated heterocycles. The zero-order chi connectivity index (χ0) is 22.8. The highest BCUT2D eigenvalue weighted by Gasteiger charge is 2.17. The van der Waals surface area contributed by atoms with Gasteiger partial charge in [0.1, 0.15) is 5.76 Å². The summed E-state index contributed by atoms with van der Waals surface area (Å²) in [5.74, 6) is 1.48. The minimum atomic E-state index is 0.546. The largest absolute Gasteiger partial charge is 0.361 e. The minimum absolute atomic E-state index is 0.546. The van der Waals surface area contributed by atoms with Gasteiger partial charge in [-0.3, -0.25) is 0 Å². The van der Waals surface area contributed by atoms with Crippen LogP contribution >= 0.6 is 0 Å². The van der Waals surface area contributed by atoms with Crippen molar-refractivity contribution in [2.24, 2.45) is 0 Å². The fraction of sp³-hybridized carbons (Fsp3) is 0.154. The number of benzene rings is 2. The summed E-state index contributed by atoms with van der Waals surface area (Å²) in [4.78, 5) is 9.41. The summed E-state index contributed by atoms with van der Waals surface area (Å²) in [5.41, 5.74) is 7.13. The second kappa shape index (κ2) is 8.60. The van der Waals surface area contributed by atoms with Crippen LogP contribution in [0.4, 0.5) is 5.95 Å². The van der Waals surface area contributed by atoms with Gasteiger partial charge in [-0.15, -0.1) is 0 Å². The summed E-state index contributed by atoms with van der Waals surface area (Å²) in [5, 5.41) is 16.7. The average molecular weight is 435 g/mol. The van der Waals surface area contributed by atoms with Crippen LogP contribution in [0.2, 0.25) is 0 Å². The molecule has 0 bridgehead atoms. The van der Waals surface area contributed by atoms with Crippen LogP contribution in [-0.2, 0) is 13.1 Å². The second-order valence-corrected chi connectivity index (χ2v) is 7.94. The van der Waals surface area contributed by atoms with Gasteiger partial charge in [0, 0.05) is 23.9 Å². The summed E-state index contributed by atoms with van der Waals surface area (Å²) < 4.78 is 7.50. The summed E-state index contributed by atoms with van der Waals surface area (Å²) in [6.45, 7) is 5.03. The third-order valence-electron chi connectivity index (χ3n) is 5.62. The van der Waals surface area contributed by atoms with Crippen LogP contribution in [0.5, 0.6) is 0 Å². The number of fused-ring (bicyclic) bond motifs is 1. The molecule has 7 heteroatoms. The van der Waals surface area contributed by atoms with E-state index < -0.39 is 0 Å². The molecular formula is C26H22N6O. The van der Waals surface area contributed by atoms with Crippen molar-refractivity contribution in [3.05, 3.63) is 95.0 Å². The molecule has 0 aliphatic rings. The van der Waals surface area contributed by atoms with Gasteiger partial charge < -0.3 is 14.4 Å². The molecule has 5 rings (SSSR count). The number of nitrogens with one attached hydrogen (secondary N) is 1. The minimum Gasteiger partial charge on any atom is -0.361 e. The predicted molar refractivity (Wildman–Crippen MR) is 127 cm³/mol. The van der Waals surface area contributed by atoms with Crippen molar-refractivity contribution in [2.45, 2.75) is 26.9 Å². The van der Waals surface area contributed by atoms with Gasteiger partial charge in [-0.1, -0.05) is 47.6 Å². The van der Waals surface area contributed by atoms with E-state index in [1.165, 1.54) is 0 Å². The lowest BCUT2D eigenvalue weighted by molar-refractivity contribution is 0.393. The van der Waals surface area contributed by atoms with Crippen LogP contribution in [-0.4, -0.2) is 19.7 Å². The number of anilines is 1. The first-order valence-corrected chi connectivity index (χ1v) is 10.7. The molecule has 5 aromatic rings. The molecular weight excluding hydrogens is 412 g/mol. The molecule has 0 saturated carbocycles. The average Bonchev–Trinajstić information content (AvgIpc) is 3.36. The number of pyridine rings is 1. The Morgan fingerprint density at radius 1 is 1.03 bits per heavy atom. The number of aryl methyl sites for hydroxylation is 2. The van der Waals surface area contributed by atoms with Crippen molar-refractivity contribution in [2.75, 3.05) is 5.32 Å². The highest BCUT2D eigenvalue weighted by Crippen LogP contribution is 2.30. The van der Waals surface area contributed by atoms with E-state index in [-0.39, 0.29) is 0 Å². The summed E-state index contributed by atoms with van der Waals surface area (Å²) in [6, 6.07) is 22.1. The van der Waals surface area contributed by atoms with Crippen LogP contribution in [0.25, 0.3) is 22.3 Å². The maximum Gasteiger partial charge on any atom is 0.206 e. The number of imidazole rings is 1. The first kappa shape index (κ1) is 20.5. The van der Waals surface area contributed by atoms with Crippen molar-refractivity contribution >= 4 is 17.1 Å². The van der Waals surface area contributed by atoms with Crippen LogP contribution in [0, 0.1) is 25.2 Å². The van der Waals surface area contributed by atoms with E-state index in [2.05, 4.69) is 44.3 Å². The first-order chi connectivity index (χ1) is 16.1. The number of nitriles is 1. The van der Waals surface area contributed by atoms with Crippen LogP contribution in [0.1, 0.15) is 28.1 Å². The van der Waals surface area contributed by atoms with Crippen molar-refractivity contribution < 1.29 is 4.52 Å². The molecule has 7 nitrogen and oxygen atoms in total. The van der Waals surface area contributed by atoms with Gasteiger partial charge in [0.15, 0.2) is 5.65 Å². The lowest BCUT2D eigenvalue weighted by Gasteiger charge is -2.12. The molecule has 0 amide bonds. The van der Waals surface area contributed by atoms with E-state index in [0.29, 0.717) is 24.3 Å². The number of rotatable bonds is 6. The molecule has 0 spiro atoms. The third-order valence-corrected chi connectivity index (χ3v) is 5.62. The Morgan fingerprint density at radius 2 is 1.85 bits per heavy atom. The van der Waals surface area contributed by atoms with Gasteiger partial charge in [-0.05, 0) is 43.2 Å². The summed E-state index contributed by atoms with van der Waals surface area (Å²) in [6.07, 6.45) is 1.81. The fourth-order valence-electron chi connectivity index (χ4n) is 4.03. The number of hydrogen-bond donors (Lipinski definition) is 1. The summed E-state index contributed by atoms with van der Waals surface area (Å²) >= 11 is 0. The normalized spacial score (nSPS) is 10.9. The van der Waals surface area contributed by atoms with E-state index in [9.17, 15) is 5.26 Å². The van der Waals surface area contributed by atoms with Crippen molar-refractivity contribution in [1.29, 1.82) is 5.26 Å². The van der Waals surface area contributed by atoms with Crippen molar-refractivity contribution in [3.8, 4) is 17.2 Å². The van der Waals surface area contributed by atoms with Gasteiger partial charge >= 0.3 is 0 Å². The Labute approximate surface area is 191 Å². The maximum atomic E-state index is 9.19. The molecule has 0 aliphatic carbocycles. The van der Waals surface area contributed by atoms with Gasteiger partial charge in [0.25, 0.3) is 0 Å². The van der Waals surface area contributed by atoms with E-state index in [1.807, 2.05) is 56.4 Å². The zero-order valence-corrected chi connectivity index (χ0v) is 18.4. The van der Waals surface area contributed by atoms with Crippen molar-refractivity contribution in [1.82, 2.24) is 19.7 Å². The molecule has 0 atom stereocenters. The fourth-order valence-corrected chi connectivity index (χ4v) is 4.03. The monoisotopic (exact) mass is 434 g/mol. The van der Waals surface area contributed by atoms with Crippen LogP contribution in [0.3, 0.4) is 0 Å². The predicted octanol–water partition coefficient (Wildman–Crippen LogP) is 5.24. The van der Waals surface area contributed by atoms with Gasteiger partial charge in [-0.25, -0.2) is 4.98 Å². The quantitative estimate of drug-likeness (QED) is 0.393. The topological polar surface area (TPSA) is 92.6 Å². The third kappa shape index (κ3) is 4.06. The van der Waals surface area contributed by atoms with Gasteiger partial charge in [-0.2, -0.15) is 10.2 Å². The molecule has 1 N–H and O–H groups in total.